The Morgan fingerprint density at radius 3 is 2.32 bits per heavy atom. The molecule has 0 aliphatic heterocycles. The summed E-state index contributed by atoms with van der Waals surface area (Å²) >= 11 is 0. The zero-order valence-corrected chi connectivity index (χ0v) is 15.0. The number of nitrogens with one attached hydrogen (secondary N) is 1. The molecule has 0 aromatic carbocycles. The van der Waals surface area contributed by atoms with E-state index in [1.54, 1.807) is 0 Å². The van der Waals surface area contributed by atoms with E-state index in [4.69, 9.17) is 9.88 Å². The highest BCUT2D eigenvalue weighted by Gasteiger charge is 2.31. The first-order valence-electron chi connectivity index (χ1n) is 7.94. The predicted molar refractivity (Wildman–Crippen MR) is 89.9 cm³/mol. The third-order valence-electron chi connectivity index (χ3n) is 4.03. The van der Waals surface area contributed by atoms with Crippen LogP contribution in [0.25, 0.3) is 0 Å². The second-order valence-corrected chi connectivity index (χ2v) is 9.38. The lowest BCUT2D eigenvalue weighted by molar-refractivity contribution is 0.0482. The lowest BCUT2D eigenvalue weighted by Gasteiger charge is -2.32. The molecule has 6 nitrogen and oxygen atoms in total. The largest absolute Gasteiger partial charge is 0.444 e. The van der Waals surface area contributed by atoms with Gasteiger partial charge in [0.2, 0.25) is 10.0 Å². The first-order chi connectivity index (χ1) is 9.91. The van der Waals surface area contributed by atoms with E-state index >= 15 is 0 Å². The molecule has 128 valence electrons. The van der Waals surface area contributed by atoms with Gasteiger partial charge < -0.3 is 10.1 Å². The first kappa shape index (κ1) is 19.3. The second-order valence-electron chi connectivity index (χ2n) is 7.54. The van der Waals surface area contributed by atoms with Gasteiger partial charge in [0.1, 0.15) is 13.4 Å². The van der Waals surface area contributed by atoms with E-state index in [0.29, 0.717) is 19.3 Å². The Kier molecular flexibility index (Phi) is 6.32. The van der Waals surface area contributed by atoms with Crippen LogP contribution in [0.15, 0.2) is 0 Å². The van der Waals surface area contributed by atoms with Crippen molar-refractivity contribution < 1.29 is 17.9 Å². The summed E-state index contributed by atoms with van der Waals surface area (Å²) in [6, 6.07) is 0. The van der Waals surface area contributed by atoms with Gasteiger partial charge in [-0.15, -0.1) is 0 Å². The molecule has 8 heteroatoms. The Morgan fingerprint density at radius 1 is 1.23 bits per heavy atom. The van der Waals surface area contributed by atoms with Crippen LogP contribution in [0.3, 0.4) is 0 Å². The summed E-state index contributed by atoms with van der Waals surface area (Å²) in [4.78, 5) is 12.0. The molecule has 0 aromatic rings. The van der Waals surface area contributed by atoms with Crippen LogP contribution >= 0.6 is 0 Å². The Labute approximate surface area is 135 Å². The molecule has 1 saturated carbocycles. The van der Waals surface area contributed by atoms with Crippen molar-refractivity contribution in [1.29, 1.82) is 0 Å². The predicted octanol–water partition coefficient (Wildman–Crippen LogP) is 1.24. The summed E-state index contributed by atoms with van der Waals surface area (Å²) in [5, 5.41) is 7.78. The molecule has 1 amide bonds. The molecule has 0 heterocycles. The van der Waals surface area contributed by atoms with Gasteiger partial charge in [-0.3, -0.25) is 0 Å². The van der Waals surface area contributed by atoms with Crippen LogP contribution in [-0.2, 0) is 14.8 Å². The fourth-order valence-corrected chi connectivity index (χ4v) is 3.87. The fraction of sp³-hybridized carbons (Fsp3) is 0.929. The van der Waals surface area contributed by atoms with E-state index in [-0.39, 0.29) is 5.44 Å². The van der Waals surface area contributed by atoms with Gasteiger partial charge >= 0.3 is 6.09 Å². The third kappa shape index (κ3) is 7.00. The average molecular weight is 332 g/mol. The van der Waals surface area contributed by atoms with Gasteiger partial charge in [-0.25, -0.2) is 18.4 Å². The third-order valence-corrected chi connectivity index (χ3v) is 5.43. The quantitative estimate of drug-likeness (QED) is 0.743. The normalized spacial score (nSPS) is 28.1. The van der Waals surface area contributed by atoms with E-state index in [1.807, 2.05) is 28.6 Å². The molecule has 0 aromatic heterocycles. The van der Waals surface area contributed by atoms with Gasteiger partial charge in [0.15, 0.2) is 0 Å². The molecule has 1 aliphatic rings. The van der Waals surface area contributed by atoms with Gasteiger partial charge in [-0.1, -0.05) is 19.3 Å². The summed E-state index contributed by atoms with van der Waals surface area (Å²) in [6.07, 6.45) is 4.63. The monoisotopic (exact) mass is 332 g/mol. The summed E-state index contributed by atoms with van der Waals surface area (Å²) in [6.45, 7) is 5.48. The molecule has 1 rings (SSSR count). The Hall–Kier alpha value is -0.755. The highest BCUT2D eigenvalue weighted by molar-refractivity contribution is 7.89. The number of carbonyl (C=O) groups excluding carboxylic acids is 1. The van der Waals surface area contributed by atoms with Gasteiger partial charge in [-0.05, 0) is 46.5 Å². The van der Waals surface area contributed by atoms with Crippen LogP contribution in [0.5, 0.6) is 0 Å². The van der Waals surface area contributed by atoms with Crippen molar-refractivity contribution in [3.05, 3.63) is 0 Å². The number of sulfonamides is 1. The molecule has 2 unspecified atom stereocenters. The maximum absolute atomic E-state index is 12.0. The van der Waals surface area contributed by atoms with Crippen molar-refractivity contribution in [2.45, 2.75) is 82.0 Å². The minimum Gasteiger partial charge on any atom is -0.444 e. The zero-order chi connectivity index (χ0) is 17.0. The summed E-state index contributed by atoms with van der Waals surface area (Å²) in [7, 11) is -1.48. The van der Waals surface area contributed by atoms with Crippen LogP contribution in [0.2, 0.25) is 0 Å². The van der Waals surface area contributed by atoms with E-state index in [9.17, 15) is 13.2 Å². The molecule has 2 atom stereocenters. The highest BCUT2D eigenvalue weighted by Crippen LogP contribution is 2.26. The molecular formula is C14H29BN2O4S. The van der Waals surface area contributed by atoms with Crippen LogP contribution in [-0.4, -0.2) is 38.6 Å². The van der Waals surface area contributed by atoms with Crippen LogP contribution in [0.1, 0.15) is 65.7 Å². The Bertz CT molecular complexity index is 490. The maximum atomic E-state index is 12.0. The van der Waals surface area contributed by atoms with Gasteiger partial charge in [0.05, 0.1) is 5.25 Å². The summed E-state index contributed by atoms with van der Waals surface area (Å²) < 4.78 is 28.4. The number of amides is 1. The Morgan fingerprint density at radius 2 is 1.77 bits per heavy atom. The van der Waals surface area contributed by atoms with Crippen molar-refractivity contribution in [2.24, 2.45) is 5.14 Å². The van der Waals surface area contributed by atoms with Crippen LogP contribution in [0.4, 0.5) is 4.79 Å². The van der Waals surface area contributed by atoms with E-state index in [1.165, 1.54) is 0 Å². The minimum atomic E-state index is -3.48. The number of nitrogens with two attached hydrogens (primary N) is 1. The molecule has 1 fully saturated rings. The topological polar surface area (TPSA) is 98.5 Å². The molecule has 3 N–H and O–H groups in total. The van der Waals surface area contributed by atoms with Crippen molar-refractivity contribution in [3.63, 3.8) is 0 Å². The minimum absolute atomic E-state index is 0.365. The number of primary sulfonamides is 1. The molecule has 0 saturated heterocycles. The van der Waals surface area contributed by atoms with Crippen molar-refractivity contribution >= 4 is 24.0 Å². The lowest BCUT2D eigenvalue weighted by atomic mass is 9.71. The SMILES string of the molecule is BC1(NC(=O)OC(C)(C)C)CCCCC(S(N)(=O)=O)CCC1. The molecule has 0 spiro atoms. The lowest BCUT2D eigenvalue weighted by Crippen LogP contribution is -2.50. The van der Waals surface area contributed by atoms with Crippen LogP contribution < -0.4 is 10.5 Å². The molecule has 1 aliphatic carbocycles. The highest BCUT2D eigenvalue weighted by atomic mass is 32.2. The average Bonchev–Trinajstić information content (AvgIpc) is 2.36. The second kappa shape index (κ2) is 7.21. The van der Waals surface area contributed by atoms with E-state index in [0.717, 1.165) is 25.7 Å². The van der Waals surface area contributed by atoms with Crippen molar-refractivity contribution in [2.75, 3.05) is 0 Å². The molecule has 22 heavy (non-hydrogen) atoms. The van der Waals surface area contributed by atoms with Gasteiger partial charge in [0.25, 0.3) is 0 Å². The number of alkyl carbamates (subject to hydrolysis) is 1. The van der Waals surface area contributed by atoms with Crippen molar-refractivity contribution in [3.8, 4) is 0 Å². The Balaban J connectivity index is 2.66. The first-order valence-corrected chi connectivity index (χ1v) is 9.55. The zero-order valence-electron chi connectivity index (χ0n) is 14.1. The molecule has 0 radical (unpaired) electrons. The van der Waals surface area contributed by atoms with E-state index < -0.39 is 27.0 Å². The molecular weight excluding hydrogens is 303 g/mol. The van der Waals surface area contributed by atoms with Crippen molar-refractivity contribution in [1.82, 2.24) is 5.32 Å². The number of hydrogen-bond acceptors (Lipinski definition) is 4. The van der Waals surface area contributed by atoms with Crippen LogP contribution in [0, 0.1) is 0 Å². The molecule has 0 bridgehead atoms. The smallest absolute Gasteiger partial charge is 0.407 e. The fourth-order valence-electron chi connectivity index (χ4n) is 2.88. The van der Waals surface area contributed by atoms with Gasteiger partial charge in [0, 0.05) is 5.44 Å². The summed E-state index contributed by atoms with van der Waals surface area (Å²) in [5.41, 5.74) is -0.896. The maximum Gasteiger partial charge on any atom is 0.407 e. The number of ether oxygens (including phenoxy) is 1. The summed E-state index contributed by atoms with van der Waals surface area (Å²) in [5.74, 6) is 0. The van der Waals surface area contributed by atoms with Gasteiger partial charge in [-0.2, -0.15) is 0 Å². The number of hydrogen-bond donors (Lipinski definition) is 2. The number of rotatable bonds is 2. The standard InChI is InChI=1S/C14H29BN2O4S/c1-13(2,3)21-12(18)17-14(15)9-5-4-7-11(8-6-10-14)22(16,19)20/h11H,4-10,15H2,1-3H3,(H,17,18)(H2,16,19,20). The van der Waals surface area contributed by atoms with E-state index in [2.05, 4.69) is 5.32 Å². The number of carbonyl (C=O) groups is 1.